The third-order valence-corrected chi connectivity index (χ3v) is 2.98. The molecule has 1 N–H and O–H groups in total. The van der Waals surface area contributed by atoms with Crippen molar-refractivity contribution >= 4 is 23.4 Å². The number of hydrogen-bond acceptors (Lipinski definition) is 5. The molecular weight excluding hydrogens is 228 g/mol. The zero-order valence-corrected chi connectivity index (χ0v) is 10.2. The van der Waals surface area contributed by atoms with Crippen LogP contribution in [-0.4, -0.2) is 43.3 Å². The van der Waals surface area contributed by atoms with Gasteiger partial charge in [-0.15, -0.1) is 0 Å². The molecule has 88 valence electrons. The predicted octanol–water partition coefficient (Wildman–Crippen LogP) is 1.32. The van der Waals surface area contributed by atoms with Crippen molar-refractivity contribution in [2.75, 3.05) is 43.6 Å². The Kier molecular flexibility index (Phi) is 3.46. The summed E-state index contributed by atoms with van der Waals surface area (Å²) < 4.78 is 5.30. The number of hydrogen-bond donors (Lipinski definition) is 1. The Morgan fingerprint density at radius 3 is 2.62 bits per heavy atom. The van der Waals surface area contributed by atoms with Gasteiger partial charge in [-0.2, -0.15) is 4.98 Å². The number of aromatic nitrogens is 2. The first-order valence-electron chi connectivity index (χ1n) is 5.27. The van der Waals surface area contributed by atoms with Crippen molar-refractivity contribution in [1.82, 2.24) is 9.97 Å². The molecular formula is C10H15ClN4O. The Labute approximate surface area is 99.8 Å². The molecule has 0 aromatic carbocycles. The smallest absolute Gasteiger partial charge is 0.224 e. The van der Waals surface area contributed by atoms with Gasteiger partial charge in [0.15, 0.2) is 5.82 Å². The molecule has 0 aliphatic carbocycles. The Balaban J connectivity index is 2.33. The lowest BCUT2D eigenvalue weighted by molar-refractivity contribution is 0.122. The van der Waals surface area contributed by atoms with Crippen LogP contribution in [0.4, 0.5) is 11.8 Å². The first-order chi connectivity index (χ1) is 7.72. The summed E-state index contributed by atoms with van der Waals surface area (Å²) in [6.45, 7) is 4.95. The van der Waals surface area contributed by atoms with Gasteiger partial charge in [-0.25, -0.2) is 4.98 Å². The van der Waals surface area contributed by atoms with E-state index in [1.807, 2.05) is 6.92 Å². The summed E-state index contributed by atoms with van der Waals surface area (Å²) in [5.74, 6) is 1.39. The summed E-state index contributed by atoms with van der Waals surface area (Å²) in [4.78, 5) is 10.8. The lowest BCUT2D eigenvalue weighted by Crippen LogP contribution is -2.37. The van der Waals surface area contributed by atoms with E-state index < -0.39 is 0 Å². The molecule has 0 radical (unpaired) electrons. The standard InChI is InChI=1S/C10H15ClN4O/c1-7-8(11)9(14-10(12-2)13-7)15-3-5-16-6-4-15/h3-6H2,1-2H3,(H,12,13,14). The van der Waals surface area contributed by atoms with E-state index in [1.54, 1.807) is 7.05 Å². The van der Waals surface area contributed by atoms with E-state index in [1.165, 1.54) is 0 Å². The number of ether oxygens (including phenoxy) is 1. The second-order valence-electron chi connectivity index (χ2n) is 3.62. The fourth-order valence-electron chi connectivity index (χ4n) is 1.64. The van der Waals surface area contributed by atoms with Crippen LogP contribution in [0.2, 0.25) is 5.02 Å². The van der Waals surface area contributed by atoms with Crippen LogP contribution < -0.4 is 10.2 Å². The van der Waals surface area contributed by atoms with Crippen LogP contribution >= 0.6 is 11.6 Å². The number of nitrogens with one attached hydrogen (secondary N) is 1. The van der Waals surface area contributed by atoms with Crippen LogP contribution in [0, 0.1) is 6.92 Å². The van der Waals surface area contributed by atoms with E-state index in [4.69, 9.17) is 16.3 Å². The third-order valence-electron chi connectivity index (χ3n) is 2.53. The highest BCUT2D eigenvalue weighted by molar-refractivity contribution is 6.33. The fraction of sp³-hybridized carbons (Fsp3) is 0.600. The molecule has 0 saturated carbocycles. The number of rotatable bonds is 2. The van der Waals surface area contributed by atoms with E-state index >= 15 is 0 Å². The number of halogens is 1. The first-order valence-corrected chi connectivity index (χ1v) is 5.64. The Morgan fingerprint density at radius 2 is 2.00 bits per heavy atom. The van der Waals surface area contributed by atoms with Gasteiger partial charge in [-0.3, -0.25) is 0 Å². The quantitative estimate of drug-likeness (QED) is 0.848. The van der Waals surface area contributed by atoms with E-state index in [9.17, 15) is 0 Å². The van der Waals surface area contributed by atoms with Crippen LogP contribution in [0.3, 0.4) is 0 Å². The third kappa shape index (κ3) is 2.20. The van der Waals surface area contributed by atoms with Crippen LogP contribution in [-0.2, 0) is 4.74 Å². The zero-order valence-electron chi connectivity index (χ0n) is 9.46. The second-order valence-corrected chi connectivity index (χ2v) is 4.00. The molecule has 0 bridgehead atoms. The van der Waals surface area contributed by atoms with Crippen LogP contribution in [0.5, 0.6) is 0 Å². The van der Waals surface area contributed by atoms with Crippen molar-refractivity contribution in [3.05, 3.63) is 10.7 Å². The number of anilines is 2. The maximum atomic E-state index is 6.22. The average Bonchev–Trinajstić information content (AvgIpc) is 2.33. The van der Waals surface area contributed by atoms with Crippen LogP contribution in [0.1, 0.15) is 5.69 Å². The molecule has 1 aromatic heterocycles. The molecule has 1 aromatic rings. The van der Waals surface area contributed by atoms with Crippen molar-refractivity contribution < 1.29 is 4.74 Å². The highest BCUT2D eigenvalue weighted by Gasteiger charge is 2.18. The maximum Gasteiger partial charge on any atom is 0.224 e. The summed E-state index contributed by atoms with van der Waals surface area (Å²) in [6.07, 6.45) is 0. The molecule has 0 unspecified atom stereocenters. The summed E-state index contributed by atoms with van der Waals surface area (Å²) in [5, 5.41) is 3.56. The van der Waals surface area contributed by atoms with Gasteiger partial charge in [0, 0.05) is 20.1 Å². The lowest BCUT2D eigenvalue weighted by Gasteiger charge is -2.28. The van der Waals surface area contributed by atoms with Crippen molar-refractivity contribution in [1.29, 1.82) is 0 Å². The van der Waals surface area contributed by atoms with Crippen molar-refractivity contribution in [3.63, 3.8) is 0 Å². The van der Waals surface area contributed by atoms with Gasteiger partial charge in [-0.05, 0) is 6.92 Å². The van der Waals surface area contributed by atoms with E-state index in [-0.39, 0.29) is 0 Å². The molecule has 16 heavy (non-hydrogen) atoms. The zero-order chi connectivity index (χ0) is 11.5. The highest BCUT2D eigenvalue weighted by Crippen LogP contribution is 2.27. The molecule has 5 nitrogen and oxygen atoms in total. The molecule has 1 aliphatic rings. The van der Waals surface area contributed by atoms with E-state index in [0.29, 0.717) is 24.2 Å². The Bertz CT molecular complexity index is 379. The summed E-state index contributed by atoms with van der Waals surface area (Å²) in [7, 11) is 1.80. The monoisotopic (exact) mass is 242 g/mol. The van der Waals surface area contributed by atoms with Gasteiger partial charge < -0.3 is 15.0 Å². The molecule has 0 amide bonds. The van der Waals surface area contributed by atoms with Gasteiger partial charge >= 0.3 is 0 Å². The SMILES string of the molecule is CNc1nc(C)c(Cl)c(N2CCOCC2)n1. The summed E-state index contributed by atoms with van der Waals surface area (Å²) in [6, 6.07) is 0. The largest absolute Gasteiger partial charge is 0.378 e. The van der Waals surface area contributed by atoms with Crippen molar-refractivity contribution in [3.8, 4) is 0 Å². The number of nitrogens with zero attached hydrogens (tertiary/aromatic N) is 3. The Hall–Kier alpha value is -1.07. The van der Waals surface area contributed by atoms with Gasteiger partial charge in [0.05, 0.1) is 18.9 Å². The van der Waals surface area contributed by atoms with Gasteiger partial charge in [0.2, 0.25) is 5.95 Å². The maximum absolute atomic E-state index is 6.22. The minimum atomic E-state index is 0.600. The molecule has 1 saturated heterocycles. The van der Waals surface area contributed by atoms with Gasteiger partial charge in [0.25, 0.3) is 0 Å². The van der Waals surface area contributed by atoms with Crippen LogP contribution in [0.25, 0.3) is 0 Å². The molecule has 6 heteroatoms. The minimum absolute atomic E-state index is 0.600. The minimum Gasteiger partial charge on any atom is -0.378 e. The lowest BCUT2D eigenvalue weighted by atomic mass is 10.3. The normalized spacial score (nSPS) is 16.3. The number of aryl methyl sites for hydroxylation is 1. The van der Waals surface area contributed by atoms with Gasteiger partial charge in [0.1, 0.15) is 5.02 Å². The number of morpholine rings is 1. The molecule has 2 rings (SSSR count). The second kappa shape index (κ2) is 4.84. The highest BCUT2D eigenvalue weighted by atomic mass is 35.5. The van der Waals surface area contributed by atoms with Crippen LogP contribution in [0.15, 0.2) is 0 Å². The molecule has 0 atom stereocenters. The van der Waals surface area contributed by atoms with E-state index in [0.717, 1.165) is 24.6 Å². The van der Waals surface area contributed by atoms with E-state index in [2.05, 4.69) is 20.2 Å². The van der Waals surface area contributed by atoms with Crippen molar-refractivity contribution in [2.45, 2.75) is 6.92 Å². The molecule has 1 aliphatic heterocycles. The summed E-state index contributed by atoms with van der Waals surface area (Å²) in [5.41, 5.74) is 0.794. The summed E-state index contributed by atoms with van der Waals surface area (Å²) >= 11 is 6.22. The predicted molar refractivity (Wildman–Crippen MR) is 64.4 cm³/mol. The molecule has 0 spiro atoms. The first kappa shape index (κ1) is 11.4. The Morgan fingerprint density at radius 1 is 1.31 bits per heavy atom. The molecule has 1 fully saturated rings. The fourth-order valence-corrected chi connectivity index (χ4v) is 1.84. The van der Waals surface area contributed by atoms with Gasteiger partial charge in [-0.1, -0.05) is 11.6 Å². The average molecular weight is 243 g/mol. The van der Waals surface area contributed by atoms with Crippen molar-refractivity contribution in [2.24, 2.45) is 0 Å². The topological polar surface area (TPSA) is 50.3 Å². The molecule has 2 heterocycles.